The van der Waals surface area contributed by atoms with E-state index in [4.69, 9.17) is 9.84 Å². The quantitative estimate of drug-likeness (QED) is 0.848. The molecular weight excluding hydrogens is 296 g/mol. The number of amides is 1. The molecule has 0 radical (unpaired) electrons. The van der Waals surface area contributed by atoms with Crippen LogP contribution in [0.3, 0.4) is 0 Å². The molecule has 0 atom stereocenters. The maximum atomic E-state index is 12.9. The molecule has 6 heteroatoms. The van der Waals surface area contributed by atoms with Gasteiger partial charge in [-0.2, -0.15) is 0 Å². The third-order valence-corrected chi connectivity index (χ3v) is 4.11. The largest absolute Gasteiger partial charge is 0.480 e. The van der Waals surface area contributed by atoms with Gasteiger partial charge >= 0.3 is 5.97 Å². The Kier molecular flexibility index (Phi) is 4.34. The van der Waals surface area contributed by atoms with Crippen LogP contribution >= 0.6 is 0 Å². The second-order valence-electron chi connectivity index (χ2n) is 5.80. The number of aliphatic carboxylic acids is 1. The Morgan fingerprint density at radius 1 is 1.35 bits per heavy atom. The van der Waals surface area contributed by atoms with E-state index in [-0.39, 0.29) is 18.5 Å². The van der Waals surface area contributed by atoms with Crippen LogP contribution in [0.1, 0.15) is 23.2 Å². The second kappa shape index (κ2) is 6.42. The standard InChI is InChI=1S/C17H20N2O4/c1-23-9-8-18-10-14(13-4-2-3-5-15(13)18)17(22)19(11-16(20)21)12-6-7-12/h2-5,10,12H,6-9,11H2,1H3,(H,20,21). The van der Waals surface area contributed by atoms with Gasteiger partial charge in [-0.05, 0) is 18.9 Å². The monoisotopic (exact) mass is 316 g/mol. The predicted molar refractivity (Wildman–Crippen MR) is 85.5 cm³/mol. The fourth-order valence-corrected chi connectivity index (χ4v) is 2.85. The maximum Gasteiger partial charge on any atom is 0.323 e. The number of hydrogen-bond acceptors (Lipinski definition) is 3. The molecule has 6 nitrogen and oxygen atoms in total. The van der Waals surface area contributed by atoms with Crippen LogP contribution in [0, 0.1) is 0 Å². The van der Waals surface area contributed by atoms with Crippen molar-refractivity contribution in [2.24, 2.45) is 0 Å². The van der Waals surface area contributed by atoms with E-state index in [0.29, 0.717) is 18.7 Å². The number of fused-ring (bicyclic) bond motifs is 1. The van der Waals surface area contributed by atoms with Crippen LogP contribution in [-0.2, 0) is 16.1 Å². The highest BCUT2D eigenvalue weighted by Gasteiger charge is 2.35. The van der Waals surface area contributed by atoms with Gasteiger partial charge in [0.25, 0.3) is 5.91 Å². The summed E-state index contributed by atoms with van der Waals surface area (Å²) >= 11 is 0. The zero-order valence-corrected chi connectivity index (χ0v) is 13.1. The van der Waals surface area contributed by atoms with Crippen LogP contribution < -0.4 is 0 Å². The summed E-state index contributed by atoms with van der Waals surface area (Å²) in [7, 11) is 1.64. The molecule has 2 aromatic rings. The van der Waals surface area contributed by atoms with Crippen LogP contribution in [0.25, 0.3) is 10.9 Å². The Morgan fingerprint density at radius 2 is 2.09 bits per heavy atom. The second-order valence-corrected chi connectivity index (χ2v) is 5.80. The molecule has 122 valence electrons. The number of ether oxygens (including phenoxy) is 1. The smallest absolute Gasteiger partial charge is 0.323 e. The van der Waals surface area contributed by atoms with Gasteiger partial charge in [-0.1, -0.05) is 18.2 Å². The van der Waals surface area contributed by atoms with Gasteiger partial charge in [-0.25, -0.2) is 0 Å². The number of carboxylic acid groups (broad SMARTS) is 1. The predicted octanol–water partition coefficient (Wildman–Crippen LogP) is 1.98. The number of carboxylic acids is 1. The van der Waals surface area contributed by atoms with Crippen LogP contribution in [0.4, 0.5) is 0 Å². The van der Waals surface area contributed by atoms with Crippen molar-refractivity contribution in [1.29, 1.82) is 0 Å². The van der Waals surface area contributed by atoms with E-state index in [2.05, 4.69) is 0 Å². The average molecular weight is 316 g/mol. The minimum atomic E-state index is -0.978. The van der Waals surface area contributed by atoms with Gasteiger partial charge in [0.05, 0.1) is 12.2 Å². The van der Waals surface area contributed by atoms with E-state index >= 15 is 0 Å². The number of benzene rings is 1. The molecule has 1 saturated carbocycles. The van der Waals surface area contributed by atoms with Crippen molar-refractivity contribution in [3.63, 3.8) is 0 Å². The van der Waals surface area contributed by atoms with Crippen molar-refractivity contribution in [3.05, 3.63) is 36.0 Å². The van der Waals surface area contributed by atoms with E-state index in [0.717, 1.165) is 23.7 Å². The minimum absolute atomic E-state index is 0.0553. The molecular formula is C17H20N2O4. The maximum absolute atomic E-state index is 12.9. The van der Waals surface area contributed by atoms with Crippen LogP contribution in [0.5, 0.6) is 0 Å². The van der Waals surface area contributed by atoms with Crippen LogP contribution in [0.15, 0.2) is 30.5 Å². The molecule has 1 aliphatic rings. The minimum Gasteiger partial charge on any atom is -0.480 e. The number of para-hydroxylation sites is 1. The normalized spacial score (nSPS) is 14.1. The number of rotatable bonds is 7. The van der Waals surface area contributed by atoms with Crippen LogP contribution in [-0.4, -0.2) is 52.8 Å². The van der Waals surface area contributed by atoms with Gasteiger partial charge in [0.2, 0.25) is 0 Å². The zero-order chi connectivity index (χ0) is 16.4. The van der Waals surface area contributed by atoms with E-state index in [1.165, 1.54) is 4.90 Å². The first kappa shape index (κ1) is 15.6. The Bertz CT molecular complexity index is 733. The van der Waals surface area contributed by atoms with Gasteiger partial charge in [-0.15, -0.1) is 0 Å². The lowest BCUT2D eigenvalue weighted by molar-refractivity contribution is -0.137. The summed E-state index contributed by atoms with van der Waals surface area (Å²) in [4.78, 5) is 25.4. The highest BCUT2D eigenvalue weighted by atomic mass is 16.5. The Hall–Kier alpha value is -2.34. The molecule has 0 saturated heterocycles. The van der Waals surface area contributed by atoms with Gasteiger partial charge in [-0.3, -0.25) is 9.59 Å². The number of carbonyl (C=O) groups is 2. The number of methoxy groups -OCH3 is 1. The first-order chi connectivity index (χ1) is 11.1. The van der Waals surface area contributed by atoms with E-state index in [9.17, 15) is 9.59 Å². The summed E-state index contributed by atoms with van der Waals surface area (Å²) in [5.74, 6) is -1.18. The molecule has 1 heterocycles. The molecule has 1 amide bonds. The summed E-state index contributed by atoms with van der Waals surface area (Å²) in [5.41, 5.74) is 1.52. The summed E-state index contributed by atoms with van der Waals surface area (Å²) in [5, 5.41) is 9.93. The lowest BCUT2D eigenvalue weighted by Gasteiger charge is -2.19. The molecule has 23 heavy (non-hydrogen) atoms. The molecule has 0 aliphatic heterocycles. The van der Waals surface area contributed by atoms with Crippen molar-refractivity contribution in [2.45, 2.75) is 25.4 Å². The van der Waals surface area contributed by atoms with Crippen molar-refractivity contribution >= 4 is 22.8 Å². The summed E-state index contributed by atoms with van der Waals surface area (Å²) in [6.45, 7) is 0.946. The molecule has 1 N–H and O–H groups in total. The van der Waals surface area contributed by atoms with Crippen molar-refractivity contribution in [3.8, 4) is 0 Å². The van der Waals surface area contributed by atoms with Crippen LogP contribution in [0.2, 0.25) is 0 Å². The van der Waals surface area contributed by atoms with Crippen molar-refractivity contribution in [2.75, 3.05) is 20.3 Å². The highest BCUT2D eigenvalue weighted by molar-refractivity contribution is 6.07. The highest BCUT2D eigenvalue weighted by Crippen LogP contribution is 2.30. The first-order valence-corrected chi connectivity index (χ1v) is 7.71. The molecule has 3 rings (SSSR count). The number of aromatic nitrogens is 1. The molecule has 1 aliphatic carbocycles. The fourth-order valence-electron chi connectivity index (χ4n) is 2.85. The number of nitrogens with zero attached hydrogens (tertiary/aromatic N) is 2. The Balaban J connectivity index is 1.97. The molecule has 1 aromatic carbocycles. The summed E-state index contributed by atoms with van der Waals surface area (Å²) in [6, 6.07) is 7.73. The summed E-state index contributed by atoms with van der Waals surface area (Å²) in [6.07, 6.45) is 3.56. The summed E-state index contributed by atoms with van der Waals surface area (Å²) < 4.78 is 7.10. The van der Waals surface area contributed by atoms with Crippen molar-refractivity contribution in [1.82, 2.24) is 9.47 Å². The van der Waals surface area contributed by atoms with Crippen molar-refractivity contribution < 1.29 is 19.4 Å². The zero-order valence-electron chi connectivity index (χ0n) is 13.1. The SMILES string of the molecule is COCCn1cc(C(=O)N(CC(=O)O)C2CC2)c2ccccc21. The molecule has 0 spiro atoms. The average Bonchev–Trinajstić information content (AvgIpc) is 3.31. The third-order valence-electron chi connectivity index (χ3n) is 4.11. The lowest BCUT2D eigenvalue weighted by atomic mass is 10.1. The molecule has 1 aromatic heterocycles. The van der Waals surface area contributed by atoms with Gasteiger partial charge in [0.1, 0.15) is 6.54 Å². The Morgan fingerprint density at radius 3 is 2.74 bits per heavy atom. The van der Waals surface area contributed by atoms with Gasteiger partial charge in [0.15, 0.2) is 0 Å². The lowest BCUT2D eigenvalue weighted by Crippen LogP contribution is -2.37. The number of hydrogen-bond donors (Lipinski definition) is 1. The first-order valence-electron chi connectivity index (χ1n) is 7.71. The van der Waals surface area contributed by atoms with Gasteiger partial charge < -0.3 is 19.3 Å². The molecule has 0 bridgehead atoms. The number of carbonyl (C=O) groups excluding carboxylic acids is 1. The molecule has 0 unspecified atom stereocenters. The van der Waals surface area contributed by atoms with E-state index < -0.39 is 5.97 Å². The van der Waals surface area contributed by atoms with E-state index in [1.807, 2.05) is 35.0 Å². The third kappa shape index (κ3) is 3.22. The fraction of sp³-hybridized carbons (Fsp3) is 0.412. The van der Waals surface area contributed by atoms with Gasteiger partial charge in [0, 0.05) is 36.8 Å². The topological polar surface area (TPSA) is 71.8 Å². The Labute approximate surface area is 134 Å². The van der Waals surface area contributed by atoms with E-state index in [1.54, 1.807) is 7.11 Å². The molecule has 1 fully saturated rings.